The molecule has 0 radical (unpaired) electrons. The Balaban J connectivity index is 1.40. The number of amides is 1. The average Bonchev–Trinajstić information content (AvgIpc) is 3.09. The number of nitrogens with zero attached hydrogens (tertiary/aromatic N) is 3. The molecule has 2 fully saturated rings. The van der Waals surface area contributed by atoms with E-state index in [9.17, 15) is 4.79 Å². The lowest BCUT2D eigenvalue weighted by Crippen LogP contribution is -2.48. The molecule has 2 atom stereocenters. The number of fused-ring (bicyclic) bond motifs is 1. The van der Waals surface area contributed by atoms with Gasteiger partial charge in [0.1, 0.15) is 0 Å². The van der Waals surface area contributed by atoms with Gasteiger partial charge in [0.25, 0.3) is 0 Å². The number of furan rings is 1. The molecule has 0 aromatic carbocycles. The van der Waals surface area contributed by atoms with Gasteiger partial charge in [-0.05, 0) is 30.7 Å². The van der Waals surface area contributed by atoms with E-state index in [1.807, 2.05) is 29.3 Å². The van der Waals surface area contributed by atoms with Gasteiger partial charge in [-0.25, -0.2) is 0 Å². The van der Waals surface area contributed by atoms with Crippen molar-refractivity contribution in [2.75, 3.05) is 26.2 Å². The zero-order chi connectivity index (χ0) is 17.1. The summed E-state index contributed by atoms with van der Waals surface area (Å²) >= 11 is 0. The fraction of sp³-hybridized carbons (Fsp3) is 0.474. The van der Waals surface area contributed by atoms with Crippen LogP contribution in [0.4, 0.5) is 0 Å². The molecule has 0 bridgehead atoms. The van der Waals surface area contributed by atoms with Crippen LogP contribution in [-0.2, 0) is 22.6 Å². The van der Waals surface area contributed by atoms with Crippen molar-refractivity contribution >= 4 is 5.91 Å². The average molecular weight is 341 g/mol. The monoisotopic (exact) mass is 341 g/mol. The third-order valence-electron chi connectivity index (χ3n) is 5.05. The summed E-state index contributed by atoms with van der Waals surface area (Å²) in [6.07, 6.45) is 7.87. The Labute approximate surface area is 147 Å². The minimum Gasteiger partial charge on any atom is -0.472 e. The number of hydrogen-bond donors (Lipinski definition) is 0. The number of hydrogen-bond acceptors (Lipinski definition) is 5. The van der Waals surface area contributed by atoms with Crippen LogP contribution in [0, 0.1) is 5.92 Å². The maximum Gasteiger partial charge on any atom is 0.228 e. The van der Waals surface area contributed by atoms with Crippen LogP contribution in [0.2, 0.25) is 0 Å². The molecule has 2 aromatic heterocycles. The second-order valence-corrected chi connectivity index (χ2v) is 6.79. The van der Waals surface area contributed by atoms with E-state index in [4.69, 9.17) is 9.15 Å². The summed E-state index contributed by atoms with van der Waals surface area (Å²) in [7, 11) is 0. The highest BCUT2D eigenvalue weighted by molar-refractivity contribution is 5.80. The maximum absolute atomic E-state index is 13.0. The minimum atomic E-state index is -0.0419. The van der Waals surface area contributed by atoms with E-state index in [1.54, 1.807) is 18.7 Å². The lowest BCUT2D eigenvalue weighted by atomic mass is 9.92. The van der Waals surface area contributed by atoms with Crippen molar-refractivity contribution in [3.8, 4) is 0 Å². The number of likely N-dealkylation sites (tertiary alicyclic amines) is 1. The predicted octanol–water partition coefficient (Wildman–Crippen LogP) is 1.92. The lowest BCUT2D eigenvalue weighted by Gasteiger charge is -2.37. The summed E-state index contributed by atoms with van der Waals surface area (Å²) in [6, 6.07) is 5.91. The van der Waals surface area contributed by atoms with Crippen LogP contribution in [0.5, 0.6) is 0 Å². The van der Waals surface area contributed by atoms with Gasteiger partial charge in [0.05, 0.1) is 31.2 Å². The molecule has 0 aliphatic carbocycles. The van der Waals surface area contributed by atoms with E-state index >= 15 is 0 Å². The van der Waals surface area contributed by atoms with Crippen LogP contribution in [0.3, 0.4) is 0 Å². The molecule has 2 aliphatic rings. The SMILES string of the molecule is O=C1[C@@H]2CCN(Cc3ccoc3)C[C@@H]2OCCN1Cc1cccnc1. The van der Waals surface area contributed by atoms with E-state index < -0.39 is 0 Å². The van der Waals surface area contributed by atoms with Crippen molar-refractivity contribution in [2.24, 2.45) is 5.92 Å². The molecule has 4 heterocycles. The molecule has 132 valence electrons. The van der Waals surface area contributed by atoms with E-state index in [2.05, 4.69) is 9.88 Å². The van der Waals surface area contributed by atoms with Crippen LogP contribution in [0.1, 0.15) is 17.5 Å². The summed E-state index contributed by atoms with van der Waals surface area (Å²) in [5.74, 6) is 0.175. The number of piperidine rings is 1. The Kier molecular flexibility index (Phi) is 4.81. The summed E-state index contributed by atoms with van der Waals surface area (Å²) in [6.45, 7) is 4.38. The molecule has 4 rings (SSSR count). The standard InChI is InChI=1S/C19H23N3O3/c23-19-17-3-6-21(11-16-4-8-24-14-16)13-18(17)25-9-7-22(19)12-15-2-1-5-20-10-15/h1-2,4-5,8,10,14,17-18H,3,6-7,9,11-13H2/t17-,18+/m1/s1. The first-order chi connectivity index (χ1) is 12.3. The molecule has 2 saturated heterocycles. The number of rotatable bonds is 4. The van der Waals surface area contributed by atoms with Gasteiger partial charge in [-0.15, -0.1) is 0 Å². The van der Waals surface area contributed by atoms with E-state index in [-0.39, 0.29) is 17.9 Å². The highest BCUT2D eigenvalue weighted by Crippen LogP contribution is 2.27. The number of ether oxygens (including phenoxy) is 1. The summed E-state index contributed by atoms with van der Waals surface area (Å²) < 4.78 is 11.2. The van der Waals surface area contributed by atoms with Crippen LogP contribution in [0.25, 0.3) is 0 Å². The van der Waals surface area contributed by atoms with Crippen molar-refractivity contribution in [3.05, 3.63) is 54.2 Å². The zero-order valence-corrected chi connectivity index (χ0v) is 14.2. The Morgan fingerprint density at radius 1 is 1.20 bits per heavy atom. The van der Waals surface area contributed by atoms with Gasteiger partial charge in [-0.1, -0.05) is 6.07 Å². The fourth-order valence-electron chi connectivity index (χ4n) is 3.74. The molecule has 0 unspecified atom stereocenters. The summed E-state index contributed by atoms with van der Waals surface area (Å²) in [5.41, 5.74) is 2.23. The lowest BCUT2D eigenvalue weighted by molar-refractivity contribution is -0.139. The van der Waals surface area contributed by atoms with Crippen molar-refractivity contribution < 1.29 is 13.9 Å². The highest BCUT2D eigenvalue weighted by atomic mass is 16.5. The molecule has 0 N–H and O–H groups in total. The fourth-order valence-corrected chi connectivity index (χ4v) is 3.74. The first-order valence-corrected chi connectivity index (χ1v) is 8.82. The number of pyridine rings is 1. The third kappa shape index (κ3) is 3.75. The van der Waals surface area contributed by atoms with Gasteiger partial charge in [0, 0.05) is 44.1 Å². The Bertz CT molecular complexity index is 689. The van der Waals surface area contributed by atoms with Crippen molar-refractivity contribution in [3.63, 3.8) is 0 Å². The molecule has 25 heavy (non-hydrogen) atoms. The largest absolute Gasteiger partial charge is 0.472 e. The smallest absolute Gasteiger partial charge is 0.228 e. The van der Waals surface area contributed by atoms with Crippen LogP contribution in [-0.4, -0.2) is 53.0 Å². The minimum absolute atomic E-state index is 0.0213. The van der Waals surface area contributed by atoms with Crippen molar-refractivity contribution in [2.45, 2.75) is 25.6 Å². The number of carbonyl (C=O) groups is 1. The molecule has 1 amide bonds. The second kappa shape index (κ2) is 7.37. The summed E-state index contributed by atoms with van der Waals surface area (Å²) in [4.78, 5) is 21.4. The second-order valence-electron chi connectivity index (χ2n) is 6.79. The Hall–Kier alpha value is -2.18. The zero-order valence-electron chi connectivity index (χ0n) is 14.2. The Morgan fingerprint density at radius 3 is 2.96 bits per heavy atom. The van der Waals surface area contributed by atoms with Gasteiger partial charge in [-0.2, -0.15) is 0 Å². The number of aromatic nitrogens is 1. The van der Waals surface area contributed by atoms with Gasteiger partial charge >= 0.3 is 0 Å². The molecule has 0 spiro atoms. The summed E-state index contributed by atoms with van der Waals surface area (Å²) in [5, 5.41) is 0. The van der Waals surface area contributed by atoms with Gasteiger partial charge in [0.15, 0.2) is 0 Å². The molecule has 0 saturated carbocycles. The highest BCUT2D eigenvalue weighted by Gasteiger charge is 2.39. The molecule has 2 aliphatic heterocycles. The Morgan fingerprint density at radius 2 is 2.16 bits per heavy atom. The van der Waals surface area contributed by atoms with Gasteiger partial charge in [-0.3, -0.25) is 14.7 Å². The van der Waals surface area contributed by atoms with E-state index in [0.29, 0.717) is 19.7 Å². The third-order valence-corrected chi connectivity index (χ3v) is 5.05. The molecular weight excluding hydrogens is 318 g/mol. The van der Waals surface area contributed by atoms with Crippen molar-refractivity contribution in [1.29, 1.82) is 0 Å². The number of carbonyl (C=O) groups excluding carboxylic acids is 1. The molecule has 2 aromatic rings. The van der Waals surface area contributed by atoms with Crippen LogP contribution >= 0.6 is 0 Å². The topological polar surface area (TPSA) is 58.8 Å². The van der Waals surface area contributed by atoms with Crippen LogP contribution < -0.4 is 0 Å². The normalized spacial score (nSPS) is 24.8. The molecular formula is C19H23N3O3. The first kappa shape index (κ1) is 16.3. The first-order valence-electron chi connectivity index (χ1n) is 8.82. The van der Waals surface area contributed by atoms with Crippen LogP contribution in [0.15, 0.2) is 47.5 Å². The quantitative estimate of drug-likeness (QED) is 0.850. The predicted molar refractivity (Wildman–Crippen MR) is 91.5 cm³/mol. The maximum atomic E-state index is 13.0. The van der Waals surface area contributed by atoms with Gasteiger partial charge in [0.2, 0.25) is 5.91 Å². The molecule has 6 heteroatoms. The molecule has 6 nitrogen and oxygen atoms in total. The van der Waals surface area contributed by atoms with Crippen molar-refractivity contribution in [1.82, 2.24) is 14.8 Å². The van der Waals surface area contributed by atoms with E-state index in [0.717, 1.165) is 37.2 Å². The van der Waals surface area contributed by atoms with E-state index in [1.165, 1.54) is 0 Å². The van der Waals surface area contributed by atoms with Gasteiger partial charge < -0.3 is 14.1 Å².